The Morgan fingerprint density at radius 1 is 1.06 bits per heavy atom. The highest BCUT2D eigenvalue weighted by Gasteiger charge is 2.29. The predicted molar refractivity (Wildman–Crippen MR) is 72.3 cm³/mol. The van der Waals surface area contributed by atoms with Crippen LogP contribution in [-0.2, 0) is 0 Å². The maximum absolute atomic E-state index is 3.45. The van der Waals surface area contributed by atoms with Crippen LogP contribution in [0, 0.1) is 0 Å². The molecule has 1 rings (SSSR count). The lowest BCUT2D eigenvalue weighted by Crippen LogP contribution is -2.65. The van der Waals surface area contributed by atoms with Crippen LogP contribution < -0.4 is 9.96 Å². The standard InChI is InChI=1S/C11H28N4Si/c1-5-14(11-9-7-8-10-11)15(6-2)16(12-3)13-4/h11-13,16H,5-10H2,1-4H3. The first-order chi connectivity index (χ1) is 7.78. The number of hydrogen-bond acceptors (Lipinski definition) is 4. The van der Waals surface area contributed by atoms with Crippen molar-refractivity contribution < 1.29 is 0 Å². The third-order valence-corrected chi connectivity index (χ3v) is 5.92. The van der Waals surface area contributed by atoms with E-state index in [0.717, 1.165) is 19.1 Å². The SMILES string of the molecule is CCN(C1CCCC1)N(CC)[SiH](NC)NC. The van der Waals surface area contributed by atoms with Crippen LogP contribution in [-0.4, -0.2) is 52.2 Å². The molecule has 0 amide bonds. The summed E-state index contributed by atoms with van der Waals surface area (Å²) < 4.78 is 2.55. The molecule has 0 heterocycles. The maximum Gasteiger partial charge on any atom is 0.280 e. The zero-order valence-corrected chi connectivity index (χ0v) is 12.4. The van der Waals surface area contributed by atoms with Gasteiger partial charge in [0.1, 0.15) is 0 Å². The molecule has 0 aliphatic heterocycles. The molecule has 1 saturated carbocycles. The van der Waals surface area contributed by atoms with E-state index in [1.807, 2.05) is 0 Å². The topological polar surface area (TPSA) is 30.5 Å². The zero-order chi connectivity index (χ0) is 12.0. The second-order valence-corrected chi connectivity index (χ2v) is 6.99. The van der Waals surface area contributed by atoms with E-state index in [1.165, 1.54) is 25.7 Å². The van der Waals surface area contributed by atoms with Crippen LogP contribution in [0.2, 0.25) is 0 Å². The minimum Gasteiger partial charge on any atom is -0.318 e. The minimum absolute atomic E-state index is 0.779. The number of nitrogens with zero attached hydrogens (tertiary/aromatic N) is 2. The highest BCUT2D eigenvalue weighted by molar-refractivity contribution is 6.49. The summed E-state index contributed by atoms with van der Waals surface area (Å²) in [6, 6.07) is 0.779. The lowest BCUT2D eigenvalue weighted by molar-refractivity contribution is 0.0142. The second kappa shape index (κ2) is 7.40. The predicted octanol–water partition coefficient (Wildman–Crippen LogP) is 0.644. The molecule has 96 valence electrons. The Balaban J connectivity index is 2.65. The van der Waals surface area contributed by atoms with Gasteiger partial charge in [-0.3, -0.25) is 0 Å². The maximum atomic E-state index is 3.45. The van der Waals surface area contributed by atoms with Gasteiger partial charge in [-0.2, -0.15) is 0 Å². The van der Waals surface area contributed by atoms with Crippen LogP contribution in [0.5, 0.6) is 0 Å². The Morgan fingerprint density at radius 2 is 1.62 bits per heavy atom. The fraction of sp³-hybridized carbons (Fsp3) is 1.00. The molecule has 0 aromatic heterocycles. The van der Waals surface area contributed by atoms with Crippen molar-refractivity contribution in [1.29, 1.82) is 0 Å². The first-order valence-corrected chi connectivity index (χ1v) is 8.33. The summed E-state index contributed by atoms with van der Waals surface area (Å²) in [5, 5.41) is 2.59. The molecule has 1 aliphatic carbocycles. The van der Waals surface area contributed by atoms with E-state index in [1.54, 1.807) is 0 Å². The van der Waals surface area contributed by atoms with E-state index in [4.69, 9.17) is 0 Å². The van der Waals surface area contributed by atoms with Crippen molar-refractivity contribution in [2.45, 2.75) is 45.6 Å². The molecule has 1 aliphatic rings. The van der Waals surface area contributed by atoms with E-state index < -0.39 is 9.28 Å². The van der Waals surface area contributed by atoms with Gasteiger partial charge < -0.3 is 9.96 Å². The van der Waals surface area contributed by atoms with Crippen molar-refractivity contribution in [2.24, 2.45) is 0 Å². The summed E-state index contributed by atoms with van der Waals surface area (Å²) >= 11 is 0. The van der Waals surface area contributed by atoms with Crippen LogP contribution >= 0.6 is 0 Å². The summed E-state index contributed by atoms with van der Waals surface area (Å²) in [5.74, 6) is 0. The molecule has 4 nitrogen and oxygen atoms in total. The Bertz CT molecular complexity index is 173. The van der Waals surface area contributed by atoms with E-state index in [9.17, 15) is 0 Å². The van der Waals surface area contributed by atoms with E-state index in [0.29, 0.717) is 0 Å². The van der Waals surface area contributed by atoms with Crippen LogP contribution in [0.3, 0.4) is 0 Å². The zero-order valence-electron chi connectivity index (χ0n) is 11.3. The number of nitrogens with one attached hydrogen (secondary N) is 2. The van der Waals surface area contributed by atoms with Crippen LogP contribution in [0.15, 0.2) is 0 Å². The van der Waals surface area contributed by atoms with Gasteiger partial charge in [0.05, 0.1) is 0 Å². The molecule has 0 saturated heterocycles. The van der Waals surface area contributed by atoms with Gasteiger partial charge in [-0.05, 0) is 26.9 Å². The van der Waals surface area contributed by atoms with Crippen molar-refractivity contribution in [2.75, 3.05) is 27.2 Å². The summed E-state index contributed by atoms with van der Waals surface area (Å²) in [6.45, 7) is 6.76. The molecule has 1 fully saturated rings. The molecule has 0 radical (unpaired) electrons. The first kappa shape index (κ1) is 14.1. The second-order valence-electron chi connectivity index (χ2n) is 4.43. The van der Waals surface area contributed by atoms with Gasteiger partial charge in [-0.25, -0.2) is 9.68 Å². The fourth-order valence-corrected chi connectivity index (χ4v) is 4.71. The monoisotopic (exact) mass is 244 g/mol. The average molecular weight is 244 g/mol. The molecule has 0 aromatic carbocycles. The number of rotatable bonds is 7. The Morgan fingerprint density at radius 3 is 2.00 bits per heavy atom. The number of hydrogen-bond donors (Lipinski definition) is 2. The molecule has 0 bridgehead atoms. The van der Waals surface area contributed by atoms with Crippen molar-refractivity contribution in [1.82, 2.24) is 19.6 Å². The molecule has 2 N–H and O–H groups in total. The van der Waals surface area contributed by atoms with Crippen molar-refractivity contribution in [3.8, 4) is 0 Å². The summed E-state index contributed by atoms with van der Waals surface area (Å²) in [6.07, 6.45) is 5.56. The molecule has 5 heteroatoms. The fourth-order valence-electron chi connectivity index (χ4n) is 2.81. The summed E-state index contributed by atoms with van der Waals surface area (Å²) in [5.41, 5.74) is 0. The van der Waals surface area contributed by atoms with E-state index in [2.05, 4.69) is 47.6 Å². The molecule has 0 atom stereocenters. The van der Waals surface area contributed by atoms with Crippen molar-refractivity contribution >= 4 is 9.28 Å². The van der Waals surface area contributed by atoms with Gasteiger partial charge in [0.15, 0.2) is 0 Å². The van der Waals surface area contributed by atoms with E-state index in [-0.39, 0.29) is 0 Å². The largest absolute Gasteiger partial charge is 0.318 e. The van der Waals surface area contributed by atoms with Crippen LogP contribution in [0.4, 0.5) is 0 Å². The molecular weight excluding hydrogens is 216 g/mol. The quantitative estimate of drug-likeness (QED) is 0.508. The molecule has 0 aromatic rings. The Hall–Kier alpha value is 0.0569. The molecule has 0 unspecified atom stereocenters. The third-order valence-electron chi connectivity index (χ3n) is 3.57. The smallest absolute Gasteiger partial charge is 0.280 e. The highest BCUT2D eigenvalue weighted by Crippen LogP contribution is 2.24. The lowest BCUT2D eigenvalue weighted by atomic mass is 10.2. The van der Waals surface area contributed by atoms with Gasteiger partial charge in [-0.1, -0.05) is 26.7 Å². The summed E-state index contributed by atoms with van der Waals surface area (Å²) in [7, 11) is 2.96. The van der Waals surface area contributed by atoms with Gasteiger partial charge in [-0.15, -0.1) is 0 Å². The number of hydrazine groups is 1. The van der Waals surface area contributed by atoms with Crippen LogP contribution in [0.25, 0.3) is 0 Å². The van der Waals surface area contributed by atoms with Gasteiger partial charge >= 0.3 is 0 Å². The molecular formula is C11H28N4Si. The van der Waals surface area contributed by atoms with Gasteiger partial charge in [0, 0.05) is 19.1 Å². The van der Waals surface area contributed by atoms with Crippen molar-refractivity contribution in [3.05, 3.63) is 0 Å². The Labute approximate surface area is 102 Å². The van der Waals surface area contributed by atoms with Gasteiger partial charge in [0.2, 0.25) is 0 Å². The Kier molecular flexibility index (Phi) is 6.53. The first-order valence-electron chi connectivity index (χ1n) is 6.66. The van der Waals surface area contributed by atoms with E-state index >= 15 is 0 Å². The summed E-state index contributed by atoms with van der Waals surface area (Å²) in [4.78, 5) is 6.91. The van der Waals surface area contributed by atoms with Crippen molar-refractivity contribution in [3.63, 3.8) is 0 Å². The minimum atomic E-state index is -1.18. The molecule has 0 spiro atoms. The lowest BCUT2D eigenvalue weighted by Gasteiger charge is -2.41. The normalized spacial score (nSPS) is 18.2. The average Bonchev–Trinajstić information content (AvgIpc) is 2.83. The third kappa shape index (κ3) is 3.27. The molecule has 16 heavy (non-hydrogen) atoms. The highest BCUT2D eigenvalue weighted by atomic mass is 28.3. The van der Waals surface area contributed by atoms with Gasteiger partial charge in [0.25, 0.3) is 9.28 Å². The van der Waals surface area contributed by atoms with Crippen LogP contribution in [0.1, 0.15) is 39.5 Å².